The van der Waals surface area contributed by atoms with Crippen molar-refractivity contribution in [2.75, 3.05) is 0 Å². The number of halogens is 2. The average Bonchev–Trinajstić information content (AvgIpc) is 2.89. The van der Waals surface area contributed by atoms with Gasteiger partial charge in [-0.3, -0.25) is 0 Å². The summed E-state index contributed by atoms with van der Waals surface area (Å²) in [5.74, 6) is -1.18. The lowest BCUT2D eigenvalue weighted by Crippen LogP contribution is -1.99. The molecule has 0 radical (unpaired) electrons. The molecule has 0 fully saturated rings. The summed E-state index contributed by atoms with van der Waals surface area (Å²) < 4.78 is 49.0. The number of hydrogen-bond donors (Lipinski definition) is 1. The molecule has 6 heteroatoms. The minimum atomic E-state index is -1.89. The Morgan fingerprint density at radius 3 is 2.42 bits per heavy atom. The van der Waals surface area contributed by atoms with E-state index in [2.05, 4.69) is 0 Å². The first-order valence-electron chi connectivity index (χ1n) is 7.26. The molecule has 0 saturated carbocycles. The van der Waals surface area contributed by atoms with Gasteiger partial charge in [-0.2, -0.15) is 0 Å². The normalized spacial score (nSPS) is 12.3. The van der Waals surface area contributed by atoms with Gasteiger partial charge in [-0.05, 0) is 48.4 Å². The zero-order valence-electron chi connectivity index (χ0n) is 12.9. The Morgan fingerprint density at radius 1 is 1.08 bits per heavy atom. The maximum Gasteiger partial charge on any atom is 0.157 e. The summed E-state index contributed by atoms with van der Waals surface area (Å²) in [5.41, 5.74) is 3.35. The van der Waals surface area contributed by atoms with Crippen molar-refractivity contribution >= 4 is 11.1 Å². The smallest absolute Gasteiger partial charge is 0.157 e. The summed E-state index contributed by atoms with van der Waals surface area (Å²) in [6.07, 6.45) is 1.81. The highest BCUT2D eigenvalue weighted by Crippen LogP contribution is 2.30. The number of rotatable bonds is 4. The van der Waals surface area contributed by atoms with Crippen molar-refractivity contribution < 1.29 is 17.5 Å². The highest BCUT2D eigenvalue weighted by molar-refractivity contribution is 7.78. The molecule has 3 rings (SSSR count). The largest absolute Gasteiger partial charge is 0.316 e. The molecule has 1 atom stereocenters. The summed E-state index contributed by atoms with van der Waals surface area (Å²) in [6, 6.07) is 12.5. The van der Waals surface area contributed by atoms with Gasteiger partial charge in [-0.25, -0.2) is 13.0 Å². The maximum absolute atomic E-state index is 14.2. The van der Waals surface area contributed by atoms with E-state index in [-0.39, 0.29) is 5.75 Å². The molecule has 0 aliphatic carbocycles. The van der Waals surface area contributed by atoms with Gasteiger partial charge >= 0.3 is 0 Å². The standard InChI is InChI=1S/C18H15F2NO2S/c1-12-8-9-21(15-5-2-13(3-6-15)11-24(22)23)18(12)16-7-4-14(19)10-17(16)20/h2-10H,11H2,1H3,(H,22,23). The van der Waals surface area contributed by atoms with Crippen LogP contribution in [0.2, 0.25) is 0 Å². The van der Waals surface area contributed by atoms with E-state index in [1.54, 1.807) is 24.3 Å². The molecule has 1 aromatic heterocycles. The van der Waals surface area contributed by atoms with Crippen LogP contribution in [0.4, 0.5) is 8.78 Å². The second kappa shape index (κ2) is 6.67. The third-order valence-electron chi connectivity index (χ3n) is 3.78. The molecule has 3 aromatic rings. The molecule has 0 bridgehead atoms. The molecule has 124 valence electrons. The van der Waals surface area contributed by atoms with Gasteiger partial charge in [0, 0.05) is 23.5 Å². The lowest BCUT2D eigenvalue weighted by atomic mass is 10.1. The number of aryl methyl sites for hydroxylation is 1. The first-order valence-corrected chi connectivity index (χ1v) is 8.53. The quantitative estimate of drug-likeness (QED) is 0.709. The predicted molar refractivity (Wildman–Crippen MR) is 90.3 cm³/mol. The fourth-order valence-electron chi connectivity index (χ4n) is 2.66. The molecule has 0 amide bonds. The van der Waals surface area contributed by atoms with Crippen LogP contribution in [0.25, 0.3) is 16.9 Å². The van der Waals surface area contributed by atoms with E-state index < -0.39 is 22.7 Å². The van der Waals surface area contributed by atoms with Crippen molar-refractivity contribution in [1.82, 2.24) is 4.57 Å². The topological polar surface area (TPSA) is 42.2 Å². The van der Waals surface area contributed by atoms with Gasteiger partial charge in [0.05, 0.1) is 11.4 Å². The number of benzene rings is 2. The Morgan fingerprint density at radius 2 is 1.79 bits per heavy atom. The fraction of sp³-hybridized carbons (Fsp3) is 0.111. The molecule has 0 spiro atoms. The van der Waals surface area contributed by atoms with E-state index in [0.717, 1.165) is 22.9 Å². The summed E-state index contributed by atoms with van der Waals surface area (Å²) >= 11 is -1.89. The monoisotopic (exact) mass is 347 g/mol. The van der Waals surface area contributed by atoms with Crippen LogP contribution in [0, 0.1) is 18.6 Å². The van der Waals surface area contributed by atoms with E-state index in [4.69, 9.17) is 4.55 Å². The van der Waals surface area contributed by atoms with Gasteiger partial charge in [0.2, 0.25) is 0 Å². The zero-order chi connectivity index (χ0) is 17.3. The Kier molecular flexibility index (Phi) is 4.59. The van der Waals surface area contributed by atoms with Crippen LogP contribution < -0.4 is 0 Å². The van der Waals surface area contributed by atoms with E-state index in [9.17, 15) is 13.0 Å². The van der Waals surface area contributed by atoms with Gasteiger partial charge in [0.1, 0.15) is 11.6 Å². The molecule has 3 nitrogen and oxygen atoms in total. The minimum Gasteiger partial charge on any atom is -0.316 e. The van der Waals surface area contributed by atoms with Crippen LogP contribution in [0.3, 0.4) is 0 Å². The molecule has 0 aliphatic heterocycles. The summed E-state index contributed by atoms with van der Waals surface area (Å²) in [5, 5.41) is 0. The van der Waals surface area contributed by atoms with E-state index in [0.29, 0.717) is 11.3 Å². The summed E-state index contributed by atoms with van der Waals surface area (Å²) in [7, 11) is 0. The first-order chi connectivity index (χ1) is 11.5. The molecule has 1 unspecified atom stereocenters. The highest BCUT2D eigenvalue weighted by atomic mass is 32.2. The van der Waals surface area contributed by atoms with Crippen LogP contribution in [-0.2, 0) is 16.8 Å². The van der Waals surface area contributed by atoms with Crippen molar-refractivity contribution in [2.24, 2.45) is 0 Å². The first kappa shape index (κ1) is 16.5. The van der Waals surface area contributed by atoms with E-state index in [1.807, 2.05) is 23.8 Å². The number of nitrogens with zero attached hydrogens (tertiary/aromatic N) is 1. The number of hydrogen-bond acceptors (Lipinski definition) is 1. The molecule has 24 heavy (non-hydrogen) atoms. The van der Waals surface area contributed by atoms with E-state index in [1.165, 1.54) is 12.1 Å². The molecule has 1 N–H and O–H groups in total. The van der Waals surface area contributed by atoms with Crippen molar-refractivity contribution in [3.63, 3.8) is 0 Å². The SMILES string of the molecule is Cc1ccn(-c2ccc(CS(=O)O)cc2)c1-c1ccc(F)cc1F. The molecular weight excluding hydrogens is 332 g/mol. The van der Waals surface area contributed by atoms with Gasteiger partial charge in [-0.1, -0.05) is 12.1 Å². The minimum absolute atomic E-state index is 0.0600. The number of aromatic nitrogens is 1. The Labute approximate surface area is 140 Å². The summed E-state index contributed by atoms with van der Waals surface area (Å²) in [6.45, 7) is 1.86. The predicted octanol–water partition coefficient (Wildman–Crippen LogP) is 4.45. The Hall–Kier alpha value is -2.31. The molecule has 0 saturated heterocycles. The second-order valence-corrected chi connectivity index (χ2v) is 6.41. The van der Waals surface area contributed by atoms with Gasteiger partial charge in [-0.15, -0.1) is 0 Å². The lowest BCUT2D eigenvalue weighted by molar-refractivity contribution is 0.563. The van der Waals surface area contributed by atoms with Crippen LogP contribution >= 0.6 is 0 Å². The maximum atomic E-state index is 14.2. The van der Waals surface area contributed by atoms with E-state index >= 15 is 0 Å². The third-order valence-corrected chi connectivity index (χ3v) is 4.36. The van der Waals surface area contributed by atoms with Crippen LogP contribution in [0.15, 0.2) is 54.7 Å². The molecule has 2 aromatic carbocycles. The Bertz CT molecular complexity index is 904. The van der Waals surface area contributed by atoms with Gasteiger partial charge in [0.25, 0.3) is 0 Å². The lowest BCUT2D eigenvalue weighted by Gasteiger charge is -2.12. The van der Waals surface area contributed by atoms with Crippen LogP contribution in [0.5, 0.6) is 0 Å². The highest BCUT2D eigenvalue weighted by Gasteiger charge is 2.14. The summed E-state index contributed by atoms with van der Waals surface area (Å²) in [4.78, 5) is 0. The second-order valence-electron chi connectivity index (χ2n) is 5.47. The van der Waals surface area contributed by atoms with Crippen molar-refractivity contribution in [2.45, 2.75) is 12.7 Å². The fourth-order valence-corrected chi connectivity index (χ4v) is 3.14. The molecule has 0 aliphatic rings. The van der Waals surface area contributed by atoms with Crippen molar-refractivity contribution in [3.05, 3.63) is 77.5 Å². The van der Waals surface area contributed by atoms with Gasteiger partial charge < -0.3 is 9.12 Å². The molecular formula is C18H15F2NO2S. The van der Waals surface area contributed by atoms with Crippen molar-refractivity contribution in [1.29, 1.82) is 0 Å². The van der Waals surface area contributed by atoms with Crippen molar-refractivity contribution in [3.8, 4) is 16.9 Å². The Balaban J connectivity index is 2.05. The van der Waals surface area contributed by atoms with Crippen LogP contribution in [0.1, 0.15) is 11.1 Å². The van der Waals surface area contributed by atoms with Crippen LogP contribution in [-0.4, -0.2) is 13.3 Å². The zero-order valence-corrected chi connectivity index (χ0v) is 13.7. The van der Waals surface area contributed by atoms with Gasteiger partial charge in [0.15, 0.2) is 11.1 Å². The third kappa shape index (κ3) is 3.29. The average molecular weight is 347 g/mol. The molecule has 1 heterocycles.